The van der Waals surface area contributed by atoms with Gasteiger partial charge in [0.2, 0.25) is 0 Å². The van der Waals surface area contributed by atoms with E-state index in [0.717, 1.165) is 12.8 Å². The van der Waals surface area contributed by atoms with E-state index >= 15 is 0 Å². The second-order valence-corrected chi connectivity index (χ2v) is 5.64. The standard InChI is InChI=1S/C17H22O5/c1-3-4-5-6-7-8-12-9-10-13(18)15(20)17(12)14(19)11(2)22-16(17)21/h5-10,12-15,18-20H,2-4H2,1H3/b6-5+,8-7+/t12-,13-,14+,15+,17+/m1/s1. The molecular weight excluding hydrogens is 284 g/mol. The molecule has 0 saturated carbocycles. The summed E-state index contributed by atoms with van der Waals surface area (Å²) in [6.07, 6.45) is 8.23. The Bertz CT molecular complexity index is 533. The molecule has 5 nitrogen and oxygen atoms in total. The Morgan fingerprint density at radius 2 is 2.05 bits per heavy atom. The third-order valence-electron chi connectivity index (χ3n) is 4.24. The molecule has 0 unspecified atom stereocenters. The van der Waals surface area contributed by atoms with Crippen molar-refractivity contribution in [2.75, 3.05) is 0 Å². The summed E-state index contributed by atoms with van der Waals surface area (Å²) in [6.45, 7) is 5.57. The summed E-state index contributed by atoms with van der Waals surface area (Å²) in [6, 6.07) is 0. The van der Waals surface area contributed by atoms with Crippen LogP contribution in [0.3, 0.4) is 0 Å². The molecule has 1 spiro atoms. The monoisotopic (exact) mass is 306 g/mol. The summed E-state index contributed by atoms with van der Waals surface area (Å²) in [5.74, 6) is -1.47. The van der Waals surface area contributed by atoms with Crippen LogP contribution < -0.4 is 0 Å². The van der Waals surface area contributed by atoms with Gasteiger partial charge >= 0.3 is 5.97 Å². The summed E-state index contributed by atoms with van der Waals surface area (Å²) in [5.41, 5.74) is -1.65. The summed E-state index contributed by atoms with van der Waals surface area (Å²) in [5, 5.41) is 30.5. The Morgan fingerprint density at radius 3 is 2.64 bits per heavy atom. The molecule has 2 rings (SSSR count). The first-order valence-electron chi connectivity index (χ1n) is 7.43. The topological polar surface area (TPSA) is 87.0 Å². The van der Waals surface area contributed by atoms with Gasteiger partial charge in [0, 0.05) is 5.92 Å². The summed E-state index contributed by atoms with van der Waals surface area (Å²) >= 11 is 0. The molecule has 0 aromatic carbocycles. The predicted octanol–water partition coefficient (Wildman–Crippen LogP) is 1.22. The molecule has 0 amide bonds. The van der Waals surface area contributed by atoms with E-state index in [1.54, 1.807) is 18.2 Å². The van der Waals surface area contributed by atoms with Crippen LogP contribution in [0, 0.1) is 11.3 Å². The van der Waals surface area contributed by atoms with Gasteiger partial charge in [-0.05, 0) is 6.42 Å². The third-order valence-corrected chi connectivity index (χ3v) is 4.24. The minimum absolute atomic E-state index is 0.105. The van der Waals surface area contributed by atoms with Crippen LogP contribution in [-0.2, 0) is 9.53 Å². The Hall–Kier alpha value is -1.69. The maximum atomic E-state index is 12.3. The van der Waals surface area contributed by atoms with Crippen LogP contribution in [0.5, 0.6) is 0 Å². The zero-order chi connectivity index (χ0) is 16.3. The zero-order valence-corrected chi connectivity index (χ0v) is 12.6. The fourth-order valence-electron chi connectivity index (χ4n) is 2.97. The van der Waals surface area contributed by atoms with Crippen LogP contribution in [-0.4, -0.2) is 39.6 Å². The van der Waals surface area contributed by atoms with E-state index in [9.17, 15) is 20.1 Å². The number of aliphatic hydroxyl groups excluding tert-OH is 3. The molecule has 5 atom stereocenters. The van der Waals surface area contributed by atoms with Crippen molar-refractivity contribution in [2.45, 2.75) is 38.1 Å². The van der Waals surface area contributed by atoms with E-state index in [1.165, 1.54) is 6.08 Å². The minimum Gasteiger partial charge on any atom is -0.428 e. The van der Waals surface area contributed by atoms with Gasteiger partial charge in [-0.15, -0.1) is 0 Å². The molecule has 1 saturated heterocycles. The quantitative estimate of drug-likeness (QED) is 0.413. The van der Waals surface area contributed by atoms with Crippen molar-refractivity contribution >= 4 is 5.97 Å². The number of aliphatic hydroxyl groups is 3. The zero-order valence-electron chi connectivity index (χ0n) is 12.6. The summed E-state index contributed by atoms with van der Waals surface area (Å²) < 4.78 is 4.92. The van der Waals surface area contributed by atoms with Gasteiger partial charge in [0.15, 0.2) is 0 Å². The van der Waals surface area contributed by atoms with Crippen molar-refractivity contribution in [1.29, 1.82) is 0 Å². The van der Waals surface area contributed by atoms with Gasteiger partial charge in [0.25, 0.3) is 0 Å². The largest absolute Gasteiger partial charge is 0.428 e. The van der Waals surface area contributed by atoms with Crippen molar-refractivity contribution in [3.8, 4) is 0 Å². The summed E-state index contributed by atoms with van der Waals surface area (Å²) in [4.78, 5) is 12.3. The fraction of sp³-hybridized carbons (Fsp3) is 0.471. The van der Waals surface area contributed by atoms with Crippen molar-refractivity contribution in [3.05, 3.63) is 48.8 Å². The Balaban J connectivity index is 2.36. The summed E-state index contributed by atoms with van der Waals surface area (Å²) in [7, 11) is 0. The van der Waals surface area contributed by atoms with Gasteiger partial charge in [0.1, 0.15) is 23.4 Å². The Labute approximate surface area is 129 Å². The number of esters is 1. The van der Waals surface area contributed by atoms with Crippen molar-refractivity contribution in [1.82, 2.24) is 0 Å². The van der Waals surface area contributed by atoms with Gasteiger partial charge in [-0.2, -0.15) is 0 Å². The number of hydrogen-bond donors (Lipinski definition) is 3. The molecule has 1 heterocycles. The molecule has 5 heteroatoms. The first kappa shape index (κ1) is 16.7. The number of unbranched alkanes of at least 4 members (excludes halogenated alkanes) is 1. The predicted molar refractivity (Wildman–Crippen MR) is 81.5 cm³/mol. The second kappa shape index (κ2) is 6.60. The molecule has 1 aliphatic carbocycles. The lowest BCUT2D eigenvalue weighted by Gasteiger charge is -2.41. The number of rotatable bonds is 4. The van der Waals surface area contributed by atoms with Crippen molar-refractivity contribution < 1.29 is 24.9 Å². The van der Waals surface area contributed by atoms with Crippen LogP contribution in [0.15, 0.2) is 48.8 Å². The van der Waals surface area contributed by atoms with Gasteiger partial charge in [0.05, 0.1) is 6.10 Å². The molecule has 3 N–H and O–H groups in total. The van der Waals surface area contributed by atoms with Gasteiger partial charge < -0.3 is 20.1 Å². The first-order valence-corrected chi connectivity index (χ1v) is 7.43. The Kier molecular flexibility index (Phi) is 5.01. The van der Waals surface area contributed by atoms with E-state index in [-0.39, 0.29) is 5.76 Å². The van der Waals surface area contributed by atoms with Crippen LogP contribution in [0.25, 0.3) is 0 Å². The third kappa shape index (κ3) is 2.56. The lowest BCUT2D eigenvalue weighted by molar-refractivity contribution is -0.164. The van der Waals surface area contributed by atoms with Crippen molar-refractivity contribution in [3.63, 3.8) is 0 Å². The highest BCUT2D eigenvalue weighted by Crippen LogP contribution is 2.49. The van der Waals surface area contributed by atoms with E-state index in [1.807, 2.05) is 12.2 Å². The number of carbonyl (C=O) groups excluding carboxylic acids is 1. The fourth-order valence-corrected chi connectivity index (χ4v) is 2.97. The maximum Gasteiger partial charge on any atom is 0.324 e. The lowest BCUT2D eigenvalue weighted by atomic mass is 9.63. The lowest BCUT2D eigenvalue weighted by Crippen LogP contribution is -2.57. The number of ether oxygens (including phenoxy) is 1. The van der Waals surface area contributed by atoms with Crippen LogP contribution in [0.1, 0.15) is 19.8 Å². The maximum absolute atomic E-state index is 12.3. The molecule has 0 bridgehead atoms. The molecule has 120 valence electrons. The number of carbonyl (C=O) groups is 1. The SMILES string of the molecule is C=C1OC(=O)[C@@]2([C@H](/C=C/C=C/CCC)C=C[C@@H](O)[C@@H]2O)[C@H]1O. The highest BCUT2D eigenvalue weighted by atomic mass is 16.6. The van der Waals surface area contributed by atoms with Crippen LogP contribution in [0.4, 0.5) is 0 Å². The molecule has 0 aromatic heterocycles. The van der Waals surface area contributed by atoms with Gasteiger partial charge in [-0.25, -0.2) is 0 Å². The molecule has 0 aromatic rings. The van der Waals surface area contributed by atoms with E-state index < -0.39 is 35.6 Å². The van der Waals surface area contributed by atoms with Crippen LogP contribution >= 0.6 is 0 Å². The number of hydrogen-bond acceptors (Lipinski definition) is 5. The van der Waals surface area contributed by atoms with E-state index in [0.29, 0.717) is 0 Å². The highest BCUT2D eigenvalue weighted by Gasteiger charge is 2.64. The first-order chi connectivity index (χ1) is 10.5. The molecule has 1 aliphatic heterocycles. The average molecular weight is 306 g/mol. The van der Waals surface area contributed by atoms with E-state index in [2.05, 4.69) is 13.5 Å². The normalized spacial score (nSPS) is 38.5. The highest BCUT2D eigenvalue weighted by molar-refractivity contribution is 5.84. The smallest absolute Gasteiger partial charge is 0.324 e. The van der Waals surface area contributed by atoms with Gasteiger partial charge in [-0.1, -0.05) is 56.4 Å². The molecule has 1 fully saturated rings. The van der Waals surface area contributed by atoms with Gasteiger partial charge in [-0.3, -0.25) is 4.79 Å². The Morgan fingerprint density at radius 1 is 1.32 bits per heavy atom. The number of allylic oxidation sites excluding steroid dienone is 5. The molecule has 22 heavy (non-hydrogen) atoms. The second-order valence-electron chi connectivity index (χ2n) is 5.64. The molecule has 0 radical (unpaired) electrons. The average Bonchev–Trinajstić information content (AvgIpc) is 2.71. The van der Waals surface area contributed by atoms with E-state index in [4.69, 9.17) is 4.74 Å². The number of cyclic esters (lactones) is 1. The molecular formula is C17H22O5. The van der Waals surface area contributed by atoms with Crippen LogP contribution in [0.2, 0.25) is 0 Å². The minimum atomic E-state index is -1.65. The van der Waals surface area contributed by atoms with Crippen molar-refractivity contribution in [2.24, 2.45) is 11.3 Å². The molecule has 2 aliphatic rings.